The van der Waals surface area contributed by atoms with Crippen LogP contribution in [0.3, 0.4) is 0 Å². The minimum Gasteiger partial charge on any atom is -0.382 e. The number of halogens is 3. The lowest BCUT2D eigenvalue weighted by atomic mass is 10.00. The molecule has 0 aromatic carbocycles. The van der Waals surface area contributed by atoms with Crippen LogP contribution >= 0.6 is 0 Å². The van der Waals surface area contributed by atoms with Crippen molar-refractivity contribution in [3.05, 3.63) is 0 Å². The van der Waals surface area contributed by atoms with Crippen LogP contribution in [0.4, 0.5) is 13.2 Å². The predicted molar refractivity (Wildman–Crippen MR) is 55.2 cm³/mol. The fourth-order valence-corrected chi connectivity index (χ4v) is 1.32. The summed E-state index contributed by atoms with van der Waals surface area (Å²) in [5, 5.41) is 11.4. The Balaban J connectivity index is 3.95. The van der Waals surface area contributed by atoms with Gasteiger partial charge >= 0.3 is 6.18 Å². The molecule has 0 rings (SSSR count). The molecule has 0 aliphatic carbocycles. The Bertz CT molecular complexity index is 207. The van der Waals surface area contributed by atoms with Gasteiger partial charge in [0.15, 0.2) is 6.10 Å². The molecule has 3 nitrogen and oxygen atoms in total. The van der Waals surface area contributed by atoms with Crippen LogP contribution in [-0.4, -0.2) is 42.7 Å². The molecule has 16 heavy (non-hydrogen) atoms. The van der Waals surface area contributed by atoms with E-state index in [1.54, 1.807) is 14.0 Å². The molecule has 0 aliphatic heterocycles. The van der Waals surface area contributed by atoms with E-state index in [0.29, 0.717) is 6.42 Å². The quantitative estimate of drug-likeness (QED) is 0.746. The molecule has 0 fully saturated rings. The van der Waals surface area contributed by atoms with Crippen LogP contribution in [0.1, 0.15) is 27.2 Å². The molecule has 0 aromatic heterocycles. The maximum absolute atomic E-state index is 12.0. The highest BCUT2D eigenvalue weighted by atomic mass is 19.4. The largest absolute Gasteiger partial charge is 0.415 e. The summed E-state index contributed by atoms with van der Waals surface area (Å²) in [6.45, 7) is 4.96. The van der Waals surface area contributed by atoms with Crippen molar-refractivity contribution in [2.75, 3.05) is 13.7 Å². The molecule has 98 valence electrons. The van der Waals surface area contributed by atoms with E-state index < -0.39 is 24.4 Å². The van der Waals surface area contributed by atoms with Gasteiger partial charge < -0.3 is 15.2 Å². The van der Waals surface area contributed by atoms with E-state index in [4.69, 9.17) is 9.84 Å². The molecule has 0 amide bonds. The molecule has 2 atom stereocenters. The van der Waals surface area contributed by atoms with Crippen molar-refractivity contribution in [3.8, 4) is 0 Å². The molecule has 0 aromatic rings. The summed E-state index contributed by atoms with van der Waals surface area (Å²) in [5.41, 5.74) is -0.393. The highest BCUT2D eigenvalue weighted by Gasteiger charge is 2.38. The predicted octanol–water partition coefficient (Wildman–Crippen LogP) is 1.70. The Morgan fingerprint density at radius 3 is 2.19 bits per heavy atom. The molecule has 0 aliphatic rings. The average molecular weight is 243 g/mol. The fraction of sp³-hybridized carbons (Fsp3) is 1.00. The Kier molecular flexibility index (Phi) is 5.72. The molecule has 2 N–H and O–H groups in total. The summed E-state index contributed by atoms with van der Waals surface area (Å²) in [6, 6.07) is -0.160. The summed E-state index contributed by atoms with van der Waals surface area (Å²) in [5.74, 6) is 0. The molecule has 0 saturated carbocycles. The monoisotopic (exact) mass is 243 g/mol. The Hall–Kier alpha value is -0.330. The van der Waals surface area contributed by atoms with Crippen LogP contribution in [0.5, 0.6) is 0 Å². The number of hydrogen-bond donors (Lipinski definition) is 2. The van der Waals surface area contributed by atoms with Gasteiger partial charge in [0.2, 0.25) is 0 Å². The third-order valence-electron chi connectivity index (χ3n) is 2.39. The number of rotatable bonds is 6. The molecule has 0 radical (unpaired) electrons. The molecule has 0 saturated heterocycles. The van der Waals surface area contributed by atoms with Crippen molar-refractivity contribution >= 4 is 0 Å². The van der Waals surface area contributed by atoms with Crippen LogP contribution in [0.2, 0.25) is 0 Å². The highest BCUT2D eigenvalue weighted by molar-refractivity contribution is 4.77. The topological polar surface area (TPSA) is 41.5 Å². The zero-order valence-electron chi connectivity index (χ0n) is 10.1. The first-order chi connectivity index (χ1) is 7.08. The minimum absolute atomic E-state index is 0.160. The third kappa shape index (κ3) is 6.30. The summed E-state index contributed by atoms with van der Waals surface area (Å²) in [7, 11) is 1.55. The smallest absolute Gasteiger partial charge is 0.382 e. The van der Waals surface area contributed by atoms with E-state index in [9.17, 15) is 13.2 Å². The lowest BCUT2D eigenvalue weighted by molar-refractivity contribution is -0.202. The number of aliphatic hydroxyl groups excluding tert-OH is 1. The fourth-order valence-electron chi connectivity index (χ4n) is 1.32. The summed E-state index contributed by atoms with van der Waals surface area (Å²) < 4.78 is 41.1. The normalized spacial score (nSPS) is 17.2. The van der Waals surface area contributed by atoms with Gasteiger partial charge in [-0.05, 0) is 27.2 Å². The van der Waals surface area contributed by atoms with Gasteiger partial charge in [-0.1, -0.05) is 0 Å². The first-order valence-corrected chi connectivity index (χ1v) is 5.12. The molecular formula is C10H20F3NO2. The summed E-state index contributed by atoms with van der Waals surface area (Å²) >= 11 is 0. The van der Waals surface area contributed by atoms with E-state index in [1.165, 1.54) is 0 Å². The molecule has 0 heterocycles. The molecular weight excluding hydrogens is 223 g/mol. The van der Waals surface area contributed by atoms with Crippen LogP contribution in [0.15, 0.2) is 0 Å². The zero-order chi connectivity index (χ0) is 13.0. The second kappa shape index (κ2) is 5.84. The first-order valence-electron chi connectivity index (χ1n) is 5.12. The van der Waals surface area contributed by atoms with Crippen molar-refractivity contribution < 1.29 is 23.0 Å². The van der Waals surface area contributed by atoms with E-state index in [1.807, 2.05) is 13.8 Å². The second-order valence-corrected chi connectivity index (χ2v) is 4.53. The average Bonchev–Trinajstić information content (AvgIpc) is 2.12. The Morgan fingerprint density at radius 1 is 1.31 bits per heavy atom. The van der Waals surface area contributed by atoms with Gasteiger partial charge in [0.05, 0.1) is 5.60 Å². The maximum atomic E-state index is 12.0. The summed E-state index contributed by atoms with van der Waals surface area (Å²) in [6.07, 6.45) is -6.32. The van der Waals surface area contributed by atoms with Gasteiger partial charge in [0.1, 0.15) is 0 Å². The van der Waals surface area contributed by atoms with Gasteiger partial charge in [-0.25, -0.2) is 0 Å². The third-order valence-corrected chi connectivity index (χ3v) is 2.39. The minimum atomic E-state index is -4.57. The van der Waals surface area contributed by atoms with Crippen LogP contribution in [0, 0.1) is 0 Å². The molecule has 6 heteroatoms. The maximum Gasteiger partial charge on any atom is 0.415 e. The van der Waals surface area contributed by atoms with Crippen molar-refractivity contribution in [2.45, 2.75) is 51.1 Å². The SMILES string of the molecule is COC(C)(C)CC(C)NCC(O)C(F)(F)F. The standard InChI is InChI=1S/C10H20F3NO2/c1-7(5-9(2,3)16-4)14-6-8(15)10(11,12)13/h7-8,14-15H,5-6H2,1-4H3. The van der Waals surface area contributed by atoms with Crippen molar-refractivity contribution in [2.24, 2.45) is 0 Å². The second-order valence-electron chi connectivity index (χ2n) is 4.53. The van der Waals surface area contributed by atoms with E-state index in [0.717, 1.165) is 0 Å². The van der Waals surface area contributed by atoms with Crippen molar-refractivity contribution in [3.63, 3.8) is 0 Å². The van der Waals surface area contributed by atoms with E-state index in [2.05, 4.69) is 5.32 Å². The molecule has 0 spiro atoms. The van der Waals surface area contributed by atoms with Crippen molar-refractivity contribution in [1.82, 2.24) is 5.32 Å². The van der Waals surface area contributed by atoms with Gasteiger partial charge in [0, 0.05) is 19.7 Å². The van der Waals surface area contributed by atoms with Crippen LogP contribution in [0.25, 0.3) is 0 Å². The summed E-state index contributed by atoms with van der Waals surface area (Å²) in [4.78, 5) is 0. The number of ether oxygens (including phenoxy) is 1. The molecule has 0 bridgehead atoms. The van der Waals surface area contributed by atoms with Crippen molar-refractivity contribution in [1.29, 1.82) is 0 Å². The zero-order valence-corrected chi connectivity index (χ0v) is 10.1. The number of aliphatic hydroxyl groups is 1. The van der Waals surface area contributed by atoms with Crippen LogP contribution < -0.4 is 5.32 Å². The number of alkyl halides is 3. The van der Waals surface area contributed by atoms with Gasteiger partial charge in [0.25, 0.3) is 0 Å². The number of nitrogens with one attached hydrogen (secondary N) is 1. The number of hydrogen-bond acceptors (Lipinski definition) is 3. The van der Waals surface area contributed by atoms with Gasteiger partial charge in [-0.15, -0.1) is 0 Å². The lowest BCUT2D eigenvalue weighted by Gasteiger charge is -2.28. The van der Waals surface area contributed by atoms with Gasteiger partial charge in [-0.3, -0.25) is 0 Å². The Labute approximate surface area is 94.0 Å². The number of methoxy groups -OCH3 is 1. The highest BCUT2D eigenvalue weighted by Crippen LogP contribution is 2.20. The van der Waals surface area contributed by atoms with Crippen LogP contribution in [-0.2, 0) is 4.74 Å². The lowest BCUT2D eigenvalue weighted by Crippen LogP contribution is -2.43. The van der Waals surface area contributed by atoms with E-state index in [-0.39, 0.29) is 6.04 Å². The van der Waals surface area contributed by atoms with E-state index >= 15 is 0 Å². The molecule has 2 unspecified atom stereocenters. The Morgan fingerprint density at radius 2 is 1.81 bits per heavy atom. The van der Waals surface area contributed by atoms with Gasteiger partial charge in [-0.2, -0.15) is 13.2 Å². The first kappa shape index (κ1) is 15.7.